The second kappa shape index (κ2) is 17.3. The van der Waals surface area contributed by atoms with Gasteiger partial charge in [0.05, 0.1) is 24.6 Å². The highest BCUT2D eigenvalue weighted by molar-refractivity contribution is 9.10. The van der Waals surface area contributed by atoms with Crippen molar-refractivity contribution in [1.82, 2.24) is 4.98 Å². The first-order valence-electron chi connectivity index (χ1n) is 11.9. The quantitative estimate of drug-likeness (QED) is 0.194. The molecule has 1 atom stereocenters. The first-order chi connectivity index (χ1) is 17.2. The van der Waals surface area contributed by atoms with Crippen LogP contribution >= 0.6 is 15.9 Å². The Labute approximate surface area is 230 Å². The van der Waals surface area contributed by atoms with Crippen molar-refractivity contribution in [2.24, 2.45) is 0 Å². The van der Waals surface area contributed by atoms with Crippen molar-refractivity contribution in [2.45, 2.75) is 67.6 Å². The fraction of sp³-hybridized carbons (Fsp3) is 0.393. The number of fused-ring (bicyclic) bond motifs is 1. The number of Topliss-reactive ketones (excluding diaryl/α,β-unsaturated/α-hetero) is 1. The normalized spacial score (nSPS) is 10.5. The maximum atomic E-state index is 11.1. The molecule has 0 aliphatic heterocycles. The third kappa shape index (κ3) is 12.1. The molecule has 3 rings (SSSR count). The molecule has 0 aliphatic carbocycles. The minimum atomic E-state index is -1.00. The summed E-state index contributed by atoms with van der Waals surface area (Å²) in [6.07, 6.45) is 0. The van der Waals surface area contributed by atoms with E-state index in [1.165, 1.54) is 25.0 Å². The van der Waals surface area contributed by atoms with Gasteiger partial charge in [0.2, 0.25) is 11.8 Å². The van der Waals surface area contributed by atoms with E-state index in [1.54, 1.807) is 13.0 Å². The Morgan fingerprint density at radius 1 is 1.00 bits per heavy atom. The van der Waals surface area contributed by atoms with Gasteiger partial charge in [0.1, 0.15) is 5.78 Å². The second-order valence-corrected chi connectivity index (χ2v) is 9.59. The van der Waals surface area contributed by atoms with Crippen LogP contribution in [0.25, 0.3) is 10.9 Å². The smallest absolute Gasteiger partial charge is 0.221 e. The number of benzene rings is 2. The highest BCUT2D eigenvalue weighted by atomic mass is 79.9. The van der Waals surface area contributed by atoms with Crippen molar-refractivity contribution in [3.63, 3.8) is 0 Å². The molecule has 0 aliphatic rings. The lowest BCUT2D eigenvalue weighted by atomic mass is 10.1. The number of nitrogens with one attached hydrogen (secondary N) is 3. The zero-order chi connectivity index (χ0) is 28.9. The highest BCUT2D eigenvalue weighted by Crippen LogP contribution is 2.31. The van der Waals surface area contributed by atoms with E-state index in [-0.39, 0.29) is 29.9 Å². The summed E-state index contributed by atoms with van der Waals surface area (Å²) in [6.45, 7) is 14.5. The Balaban J connectivity index is 0. The molecule has 37 heavy (non-hydrogen) atoms. The molecule has 2 aromatic carbocycles. The number of aromatic nitrogens is 1. The minimum absolute atomic E-state index is 0. The molecule has 0 bridgehead atoms. The van der Waals surface area contributed by atoms with Crippen LogP contribution in [0, 0.1) is 27.7 Å². The molecule has 9 heteroatoms. The summed E-state index contributed by atoms with van der Waals surface area (Å²) >= 11 is 3.09. The number of nitrogen functional groups attached to an aromatic ring is 1. The molecule has 1 heterocycles. The SMILES string of the molecule is C.CC(=O)C(C)Br.CC(=O)Nc1ccc(C)c(N)c1.CC(=O)Nc1ccc(C)c2[nH]c(C)c(C)c12.[2H]CF. The highest BCUT2D eigenvalue weighted by Gasteiger charge is 2.11. The summed E-state index contributed by atoms with van der Waals surface area (Å²) in [5.74, 6) is 0.0525. The maximum Gasteiger partial charge on any atom is 0.221 e. The van der Waals surface area contributed by atoms with Crippen molar-refractivity contribution in [3.8, 4) is 0 Å². The van der Waals surface area contributed by atoms with Gasteiger partial charge in [-0.25, -0.2) is 0 Å². The molecular weight excluding hydrogens is 539 g/mol. The van der Waals surface area contributed by atoms with E-state index in [9.17, 15) is 18.8 Å². The second-order valence-electron chi connectivity index (χ2n) is 8.22. The standard InChI is InChI=1S/C13H16N2O.C9H12N2O.C4H7BrO.CH3F.CH4/c1-7-5-6-11(15-10(4)16)12-8(2)9(3)14-13(7)12;1-6-3-4-8(5-9(6)10)11-7(2)12;1-3(5)4(2)6;1-2;/h5-6,14H,1-4H3,(H,15,16);3-5H,10H2,1-2H3,(H,11,12);3H,1-2H3;1H3;1H4/i;;;1D;. The Hall–Kier alpha value is -3.20. The van der Waals surface area contributed by atoms with Crippen LogP contribution in [-0.4, -0.2) is 34.6 Å². The molecule has 5 N–H and O–H groups in total. The summed E-state index contributed by atoms with van der Waals surface area (Å²) in [4.78, 5) is 35.3. The van der Waals surface area contributed by atoms with Crippen LogP contribution in [0.3, 0.4) is 0 Å². The number of aromatic amines is 1. The van der Waals surface area contributed by atoms with Gasteiger partial charge in [-0.3, -0.25) is 18.8 Å². The number of carbonyl (C=O) groups excluding carboxylic acids is 3. The number of amides is 2. The lowest BCUT2D eigenvalue weighted by molar-refractivity contribution is -0.116. The van der Waals surface area contributed by atoms with Crippen LogP contribution in [0.2, 0.25) is 0 Å². The lowest BCUT2D eigenvalue weighted by Crippen LogP contribution is -2.06. The number of rotatable bonds is 3. The van der Waals surface area contributed by atoms with E-state index in [0.717, 1.165) is 33.5 Å². The van der Waals surface area contributed by atoms with E-state index in [0.29, 0.717) is 5.69 Å². The van der Waals surface area contributed by atoms with Crippen molar-refractivity contribution < 1.29 is 20.1 Å². The number of nitrogens with two attached hydrogens (primary N) is 1. The Morgan fingerprint density at radius 2 is 1.49 bits per heavy atom. The molecule has 2 amide bonds. The maximum absolute atomic E-state index is 11.1. The number of alkyl halides is 2. The van der Waals surface area contributed by atoms with Crippen LogP contribution in [-0.2, 0) is 14.4 Å². The van der Waals surface area contributed by atoms with Crippen LogP contribution in [0.5, 0.6) is 0 Å². The van der Waals surface area contributed by atoms with Crippen LogP contribution < -0.4 is 16.4 Å². The average Bonchev–Trinajstić information content (AvgIpc) is 3.09. The zero-order valence-electron chi connectivity index (χ0n) is 23.2. The number of aryl methyl sites for hydroxylation is 4. The summed E-state index contributed by atoms with van der Waals surface area (Å²) in [7, 11) is -1.00. The van der Waals surface area contributed by atoms with Gasteiger partial charge in [0.25, 0.3) is 0 Å². The molecule has 0 radical (unpaired) electrons. The van der Waals surface area contributed by atoms with Crippen LogP contribution in [0.1, 0.15) is 58.9 Å². The number of ketones is 1. The largest absolute Gasteiger partial charge is 0.398 e. The van der Waals surface area contributed by atoms with E-state index in [2.05, 4.69) is 45.4 Å². The molecule has 7 nitrogen and oxygen atoms in total. The molecule has 0 saturated heterocycles. The summed E-state index contributed by atoms with van der Waals surface area (Å²) in [6, 6.07) is 9.42. The third-order valence-electron chi connectivity index (χ3n) is 5.13. The molecule has 0 spiro atoms. The van der Waals surface area contributed by atoms with Crippen molar-refractivity contribution in [3.05, 3.63) is 52.7 Å². The van der Waals surface area contributed by atoms with E-state index < -0.39 is 7.15 Å². The van der Waals surface area contributed by atoms with E-state index >= 15 is 0 Å². The molecular formula is C28H42BrFN4O3. The molecule has 0 saturated carbocycles. The predicted octanol–water partition coefficient (Wildman–Crippen LogP) is 7.17. The molecule has 206 valence electrons. The summed E-state index contributed by atoms with van der Waals surface area (Å²) in [5, 5.41) is 6.64. The van der Waals surface area contributed by atoms with Crippen molar-refractivity contribution >= 4 is 61.5 Å². The molecule has 1 unspecified atom stereocenters. The van der Waals surface area contributed by atoms with Crippen LogP contribution in [0.15, 0.2) is 30.3 Å². The predicted molar refractivity (Wildman–Crippen MR) is 160 cm³/mol. The van der Waals surface area contributed by atoms with Gasteiger partial charge in [0, 0.05) is 36.3 Å². The monoisotopic (exact) mass is 581 g/mol. The Morgan fingerprint density at radius 3 is 1.92 bits per heavy atom. The fourth-order valence-corrected chi connectivity index (χ4v) is 2.94. The lowest BCUT2D eigenvalue weighted by Gasteiger charge is -2.06. The molecule has 0 fully saturated rings. The van der Waals surface area contributed by atoms with E-state index in [4.69, 9.17) is 7.10 Å². The summed E-state index contributed by atoms with van der Waals surface area (Å²) in [5.41, 5.74) is 13.6. The summed E-state index contributed by atoms with van der Waals surface area (Å²) < 4.78 is 15.5. The number of H-pyrrole nitrogens is 1. The molecule has 1 aromatic heterocycles. The van der Waals surface area contributed by atoms with Gasteiger partial charge in [-0.05, 0) is 76.4 Å². The van der Waals surface area contributed by atoms with Gasteiger partial charge >= 0.3 is 0 Å². The van der Waals surface area contributed by atoms with Gasteiger partial charge < -0.3 is 21.4 Å². The number of carbonyl (C=O) groups is 3. The average molecular weight is 583 g/mol. The first-order valence-corrected chi connectivity index (χ1v) is 12.1. The van der Waals surface area contributed by atoms with Gasteiger partial charge in [-0.1, -0.05) is 35.5 Å². The first kappa shape index (κ1) is 33.8. The van der Waals surface area contributed by atoms with Gasteiger partial charge in [-0.2, -0.15) is 0 Å². The topological polar surface area (TPSA) is 117 Å². The number of hydrogen-bond donors (Lipinski definition) is 4. The zero-order valence-corrected chi connectivity index (χ0v) is 23.8. The number of halogens is 2. The third-order valence-corrected chi connectivity index (χ3v) is 5.78. The number of hydrogen-bond acceptors (Lipinski definition) is 4. The van der Waals surface area contributed by atoms with Crippen LogP contribution in [0.4, 0.5) is 21.5 Å². The Bertz CT molecular complexity index is 1210. The minimum Gasteiger partial charge on any atom is -0.398 e. The number of anilines is 3. The Kier molecular flexibility index (Phi) is 15.8. The fourth-order valence-electron chi connectivity index (χ4n) is 2.94. The van der Waals surface area contributed by atoms with E-state index in [1.807, 2.05) is 45.0 Å². The van der Waals surface area contributed by atoms with Gasteiger partial charge in [-0.15, -0.1) is 0 Å². The van der Waals surface area contributed by atoms with Crippen molar-refractivity contribution in [1.29, 1.82) is 0 Å². The van der Waals surface area contributed by atoms with Gasteiger partial charge in [0.15, 0.2) is 0 Å². The van der Waals surface area contributed by atoms with Crippen molar-refractivity contribution in [2.75, 3.05) is 23.5 Å². The molecule has 3 aromatic rings.